The Hall–Kier alpha value is -3.45. The van der Waals surface area contributed by atoms with Crippen LogP contribution in [-0.4, -0.2) is 26.6 Å². The van der Waals surface area contributed by atoms with Gasteiger partial charge in [-0.2, -0.15) is 0 Å². The predicted molar refractivity (Wildman–Crippen MR) is 154 cm³/mol. The maximum atomic E-state index is 13.9. The Kier molecular flexibility index (Phi) is 7.65. The van der Waals surface area contributed by atoms with Crippen molar-refractivity contribution in [3.8, 4) is 17.2 Å². The Morgan fingerprint density at radius 3 is 2.32 bits per heavy atom. The number of carbonyl (C=O) groups excluding carboxylic acids is 1. The van der Waals surface area contributed by atoms with E-state index in [-0.39, 0.29) is 17.7 Å². The number of Topliss-reactive ketones (excluding diaryl/α,β-unsaturated/α-hetero) is 1. The molecule has 1 aliphatic carbocycles. The van der Waals surface area contributed by atoms with Crippen LogP contribution >= 0.6 is 15.9 Å². The highest BCUT2D eigenvalue weighted by atomic mass is 79.9. The molecule has 38 heavy (non-hydrogen) atoms. The normalized spacial score (nSPS) is 18.6. The van der Waals surface area contributed by atoms with Crippen LogP contribution in [0.2, 0.25) is 0 Å². The lowest BCUT2D eigenvalue weighted by Crippen LogP contribution is -2.27. The number of fused-ring (bicyclic) bond motifs is 1. The quantitative estimate of drug-likeness (QED) is 0.304. The first-order valence-corrected chi connectivity index (χ1v) is 13.7. The second kappa shape index (κ2) is 11.1. The number of nitrogens with one attached hydrogen (secondary N) is 2. The second-order valence-corrected chi connectivity index (χ2v) is 11.0. The molecule has 0 bridgehead atoms. The minimum atomic E-state index is -0.365. The molecule has 0 saturated heterocycles. The number of ether oxygens (including phenoxy) is 3. The zero-order valence-electron chi connectivity index (χ0n) is 22.1. The number of methoxy groups -OCH3 is 2. The van der Waals surface area contributed by atoms with E-state index in [1.54, 1.807) is 14.2 Å². The molecule has 0 spiro atoms. The van der Waals surface area contributed by atoms with E-state index < -0.39 is 0 Å². The maximum Gasteiger partial charge on any atom is 0.163 e. The molecule has 2 aliphatic rings. The molecule has 6 nitrogen and oxygen atoms in total. The summed E-state index contributed by atoms with van der Waals surface area (Å²) in [6.07, 6.45) is 1.16. The van der Waals surface area contributed by atoms with Gasteiger partial charge in [0, 0.05) is 22.2 Å². The topological polar surface area (TPSA) is 68.8 Å². The number of carbonyl (C=O) groups is 1. The molecule has 1 aliphatic heterocycles. The van der Waals surface area contributed by atoms with Gasteiger partial charge in [0.05, 0.1) is 38.2 Å². The number of anilines is 2. The third-order valence-electron chi connectivity index (χ3n) is 7.06. The van der Waals surface area contributed by atoms with E-state index in [0.717, 1.165) is 50.4 Å². The van der Waals surface area contributed by atoms with Crippen molar-refractivity contribution in [1.29, 1.82) is 0 Å². The smallest absolute Gasteiger partial charge is 0.163 e. The van der Waals surface area contributed by atoms with Crippen LogP contribution in [-0.2, 0) is 4.79 Å². The molecule has 7 heteroatoms. The van der Waals surface area contributed by atoms with Crippen molar-refractivity contribution in [2.45, 2.75) is 38.6 Å². The highest BCUT2D eigenvalue weighted by Gasteiger charge is 2.37. The Labute approximate surface area is 232 Å². The van der Waals surface area contributed by atoms with E-state index in [0.29, 0.717) is 30.4 Å². The van der Waals surface area contributed by atoms with Crippen molar-refractivity contribution >= 4 is 33.1 Å². The van der Waals surface area contributed by atoms with E-state index in [1.807, 2.05) is 48.5 Å². The van der Waals surface area contributed by atoms with Crippen LogP contribution in [0.5, 0.6) is 17.2 Å². The molecule has 0 amide bonds. The molecule has 3 aromatic rings. The Morgan fingerprint density at radius 1 is 0.947 bits per heavy atom. The average Bonchev–Trinajstić information content (AvgIpc) is 3.08. The van der Waals surface area contributed by atoms with E-state index in [4.69, 9.17) is 14.2 Å². The number of benzene rings is 3. The molecule has 0 saturated carbocycles. The largest absolute Gasteiger partial charge is 0.493 e. The van der Waals surface area contributed by atoms with Crippen LogP contribution in [0.15, 0.2) is 76.4 Å². The molecule has 198 valence electrons. The van der Waals surface area contributed by atoms with Gasteiger partial charge in [-0.1, -0.05) is 54.0 Å². The van der Waals surface area contributed by atoms with Crippen LogP contribution in [0.1, 0.15) is 49.8 Å². The van der Waals surface area contributed by atoms with E-state index in [2.05, 4.69) is 52.5 Å². The summed E-state index contributed by atoms with van der Waals surface area (Å²) in [5.74, 6) is 2.76. The average molecular weight is 578 g/mol. The van der Waals surface area contributed by atoms with Gasteiger partial charge in [-0.3, -0.25) is 4.79 Å². The molecule has 3 aromatic carbocycles. The van der Waals surface area contributed by atoms with Crippen molar-refractivity contribution in [2.24, 2.45) is 5.92 Å². The van der Waals surface area contributed by atoms with Gasteiger partial charge in [-0.05, 0) is 65.8 Å². The molecule has 0 radical (unpaired) electrons. The summed E-state index contributed by atoms with van der Waals surface area (Å²) < 4.78 is 17.8. The number of allylic oxidation sites excluding steroid dienone is 1. The van der Waals surface area contributed by atoms with Gasteiger partial charge in [0.15, 0.2) is 17.3 Å². The first-order valence-electron chi connectivity index (χ1n) is 12.9. The molecule has 2 N–H and O–H groups in total. The minimum absolute atomic E-state index is 0.0765. The molecular weight excluding hydrogens is 544 g/mol. The van der Waals surface area contributed by atoms with Crippen LogP contribution in [0.3, 0.4) is 0 Å². The summed E-state index contributed by atoms with van der Waals surface area (Å²) >= 11 is 3.72. The summed E-state index contributed by atoms with van der Waals surface area (Å²) in [6.45, 7) is 4.95. The van der Waals surface area contributed by atoms with E-state index in [1.165, 1.54) is 0 Å². The molecule has 2 atom stereocenters. The van der Waals surface area contributed by atoms with Crippen LogP contribution in [0.4, 0.5) is 11.4 Å². The molecule has 5 rings (SSSR count). The Balaban J connectivity index is 1.53. The zero-order valence-corrected chi connectivity index (χ0v) is 23.7. The number of para-hydroxylation sites is 2. The number of halogens is 1. The Bertz CT molecular complexity index is 1370. The van der Waals surface area contributed by atoms with Crippen LogP contribution in [0.25, 0.3) is 0 Å². The first kappa shape index (κ1) is 26.2. The second-order valence-electron chi connectivity index (χ2n) is 10.2. The summed E-state index contributed by atoms with van der Waals surface area (Å²) in [4.78, 5) is 13.9. The summed E-state index contributed by atoms with van der Waals surface area (Å²) in [5.41, 5.74) is 5.62. The lowest BCUT2D eigenvalue weighted by molar-refractivity contribution is -0.116. The van der Waals surface area contributed by atoms with Crippen molar-refractivity contribution in [3.05, 3.63) is 87.5 Å². The first-order chi connectivity index (χ1) is 18.4. The van der Waals surface area contributed by atoms with Gasteiger partial charge >= 0.3 is 0 Å². The van der Waals surface area contributed by atoms with Gasteiger partial charge in [0.1, 0.15) is 5.75 Å². The van der Waals surface area contributed by atoms with Gasteiger partial charge in [0.2, 0.25) is 0 Å². The fraction of sp³-hybridized carbons (Fsp3) is 0.323. The van der Waals surface area contributed by atoms with Crippen molar-refractivity contribution in [1.82, 2.24) is 0 Å². The molecular formula is C31H33BrN2O4. The third-order valence-corrected chi connectivity index (χ3v) is 7.74. The summed E-state index contributed by atoms with van der Waals surface area (Å²) in [5, 5.41) is 7.24. The number of hydrogen-bond acceptors (Lipinski definition) is 6. The molecule has 0 fully saturated rings. The molecule has 0 aromatic heterocycles. The molecule has 2 unspecified atom stereocenters. The van der Waals surface area contributed by atoms with Crippen LogP contribution in [0, 0.1) is 5.92 Å². The van der Waals surface area contributed by atoms with Gasteiger partial charge in [0.25, 0.3) is 0 Å². The predicted octanol–water partition coefficient (Wildman–Crippen LogP) is 7.48. The lowest BCUT2D eigenvalue weighted by atomic mass is 9.78. The number of ketones is 1. The molecule has 1 heterocycles. The van der Waals surface area contributed by atoms with E-state index >= 15 is 0 Å². The van der Waals surface area contributed by atoms with Gasteiger partial charge in [-0.15, -0.1) is 0 Å². The van der Waals surface area contributed by atoms with Gasteiger partial charge in [-0.25, -0.2) is 0 Å². The zero-order chi connectivity index (χ0) is 26.8. The Morgan fingerprint density at radius 2 is 1.63 bits per heavy atom. The number of hydrogen-bond donors (Lipinski definition) is 2. The SMILES string of the molecule is COc1cc(Br)c(C2Nc3ccccc3NC3=C2C(=O)CC(c2ccc(OCC(C)C)cc2)C3)cc1OC. The third kappa shape index (κ3) is 5.25. The van der Waals surface area contributed by atoms with Crippen molar-refractivity contribution in [3.63, 3.8) is 0 Å². The van der Waals surface area contributed by atoms with Crippen LogP contribution < -0.4 is 24.8 Å². The summed E-state index contributed by atoms with van der Waals surface area (Å²) in [6, 6.07) is 19.7. The fourth-order valence-electron chi connectivity index (χ4n) is 5.15. The number of rotatable bonds is 7. The minimum Gasteiger partial charge on any atom is -0.493 e. The van der Waals surface area contributed by atoms with Crippen molar-refractivity contribution in [2.75, 3.05) is 31.5 Å². The van der Waals surface area contributed by atoms with Crippen molar-refractivity contribution < 1.29 is 19.0 Å². The van der Waals surface area contributed by atoms with E-state index in [9.17, 15) is 4.79 Å². The highest BCUT2D eigenvalue weighted by molar-refractivity contribution is 9.10. The summed E-state index contributed by atoms with van der Waals surface area (Å²) in [7, 11) is 3.23. The lowest BCUT2D eigenvalue weighted by Gasteiger charge is -2.30. The maximum absolute atomic E-state index is 13.9. The monoisotopic (exact) mass is 576 g/mol. The standard InChI is InChI=1S/C31H33BrN2O4/c1-18(2)17-38-21-11-9-19(10-12-21)20-13-26-30(27(35)14-20)31(34-25-8-6-5-7-24(25)33-26)22-15-28(36-3)29(37-4)16-23(22)32/h5-12,15-16,18,20,31,33-34H,13-14,17H2,1-4H3. The van der Waals surface area contributed by atoms with Gasteiger partial charge < -0.3 is 24.8 Å². The fourth-order valence-corrected chi connectivity index (χ4v) is 5.70. The highest BCUT2D eigenvalue weighted by Crippen LogP contribution is 2.47.